The average molecular weight is 400 g/mol. The minimum Gasteiger partial charge on any atom is -0.391 e. The van der Waals surface area contributed by atoms with Crippen LogP contribution in [0.25, 0.3) is 0 Å². The molecule has 1 aromatic carbocycles. The van der Waals surface area contributed by atoms with Crippen molar-refractivity contribution in [3.05, 3.63) is 35.9 Å². The van der Waals surface area contributed by atoms with Gasteiger partial charge in [0.2, 0.25) is 0 Å². The van der Waals surface area contributed by atoms with Crippen molar-refractivity contribution in [2.24, 2.45) is 5.92 Å². The lowest BCUT2D eigenvalue weighted by atomic mass is 9.76. The van der Waals surface area contributed by atoms with E-state index in [1.165, 1.54) is 50.5 Å². The molecule has 27 heavy (non-hydrogen) atoms. The van der Waals surface area contributed by atoms with Gasteiger partial charge in [-0.3, -0.25) is 0 Å². The molecule has 0 amide bonds. The second-order valence-corrected chi connectivity index (χ2v) is 8.48. The van der Waals surface area contributed by atoms with Crippen LogP contribution >= 0.6 is 11.6 Å². The van der Waals surface area contributed by atoms with E-state index in [4.69, 9.17) is 11.6 Å². The quantitative estimate of drug-likeness (QED) is 0.254. The maximum atomic E-state index is 10.3. The fourth-order valence-corrected chi connectivity index (χ4v) is 4.12. The lowest BCUT2D eigenvalue weighted by Gasteiger charge is -2.40. The number of aliphatic hydroxyl groups is 2. The van der Waals surface area contributed by atoms with Crippen molar-refractivity contribution in [2.75, 3.05) is 0 Å². The van der Waals surface area contributed by atoms with Crippen molar-refractivity contribution in [1.29, 1.82) is 0 Å². The molecule has 4 heteroatoms. The van der Waals surface area contributed by atoms with Gasteiger partial charge in [-0.25, -0.2) is 0 Å². The summed E-state index contributed by atoms with van der Waals surface area (Å²) in [5.41, 5.74) is 1.21. The highest BCUT2D eigenvalue weighted by atomic mass is 35.5. The van der Waals surface area contributed by atoms with E-state index in [9.17, 15) is 10.2 Å². The molecule has 5 N–H and O–H groups in total. The van der Waals surface area contributed by atoms with E-state index in [0.717, 1.165) is 19.3 Å². The predicted octanol–water partition coefficient (Wildman–Crippen LogP) is 6.28. The van der Waals surface area contributed by atoms with Gasteiger partial charge in [-0.2, -0.15) is 0 Å². The van der Waals surface area contributed by atoms with Crippen molar-refractivity contribution in [2.45, 2.75) is 102 Å². The van der Waals surface area contributed by atoms with Crippen LogP contribution < -0.4 is 6.15 Å². The highest BCUT2D eigenvalue weighted by Crippen LogP contribution is 2.38. The second kappa shape index (κ2) is 14.4. The van der Waals surface area contributed by atoms with Gasteiger partial charge in [0, 0.05) is 0 Å². The standard InChI is InChI=1S/C23H39ClO2.H3N/c1-4-5-6-7-8-9-10-14-17-22(18-21-15-12-11-13-16-21)23(24,19(2)25)20(3)26;/h11-13,15-16,19-20,22,25-26H,4-10,14,17-18H2,1-3H3;1H3. The molecule has 0 fully saturated rings. The maximum Gasteiger partial charge on any atom is 0.0987 e. The molecule has 0 aliphatic carbocycles. The van der Waals surface area contributed by atoms with E-state index >= 15 is 0 Å². The van der Waals surface area contributed by atoms with Gasteiger partial charge in [0.25, 0.3) is 0 Å². The largest absolute Gasteiger partial charge is 0.391 e. The van der Waals surface area contributed by atoms with Crippen LogP contribution in [-0.2, 0) is 6.42 Å². The average Bonchev–Trinajstić information content (AvgIpc) is 2.62. The zero-order chi connectivity index (χ0) is 19.4. The molecule has 0 aliphatic rings. The first-order valence-electron chi connectivity index (χ1n) is 10.5. The van der Waals surface area contributed by atoms with E-state index in [0.29, 0.717) is 0 Å². The lowest BCUT2D eigenvalue weighted by molar-refractivity contribution is 0.0162. The molecule has 1 aromatic rings. The van der Waals surface area contributed by atoms with Gasteiger partial charge in [-0.1, -0.05) is 88.6 Å². The molecule has 0 saturated heterocycles. The molecule has 158 valence electrons. The first kappa shape index (κ1) is 26.4. The Hall–Kier alpha value is -0.610. The fraction of sp³-hybridized carbons (Fsp3) is 0.739. The van der Waals surface area contributed by atoms with Gasteiger partial charge in [-0.15, -0.1) is 11.6 Å². The summed E-state index contributed by atoms with van der Waals surface area (Å²) in [7, 11) is 0. The normalized spacial score (nSPS) is 16.8. The Kier molecular flexibility index (Phi) is 14.1. The van der Waals surface area contributed by atoms with Gasteiger partial charge in [0.05, 0.1) is 17.1 Å². The van der Waals surface area contributed by atoms with Gasteiger partial charge in [-0.05, 0) is 38.2 Å². The lowest BCUT2D eigenvalue weighted by Crippen LogP contribution is -2.51. The zero-order valence-electron chi connectivity index (χ0n) is 17.7. The predicted molar refractivity (Wildman–Crippen MR) is 118 cm³/mol. The summed E-state index contributed by atoms with van der Waals surface area (Å²) in [4.78, 5) is -1.00. The molecule has 3 unspecified atom stereocenters. The van der Waals surface area contributed by atoms with Gasteiger partial charge in [0.15, 0.2) is 0 Å². The Balaban J connectivity index is 0.00000676. The zero-order valence-corrected chi connectivity index (χ0v) is 18.4. The molecule has 0 radical (unpaired) electrons. The summed E-state index contributed by atoms with van der Waals surface area (Å²) in [6.07, 6.45) is 10.4. The van der Waals surface area contributed by atoms with Gasteiger partial charge < -0.3 is 16.4 Å². The van der Waals surface area contributed by atoms with E-state index < -0.39 is 17.1 Å². The number of hydrogen-bond donors (Lipinski definition) is 3. The molecule has 0 aliphatic heterocycles. The molecular formula is C23H42ClNO2. The topological polar surface area (TPSA) is 75.5 Å². The van der Waals surface area contributed by atoms with Crippen LogP contribution in [0.3, 0.4) is 0 Å². The Labute approximate surface area is 172 Å². The van der Waals surface area contributed by atoms with E-state index in [-0.39, 0.29) is 12.1 Å². The Morgan fingerprint density at radius 1 is 0.852 bits per heavy atom. The molecule has 0 heterocycles. The summed E-state index contributed by atoms with van der Waals surface area (Å²) in [5, 5.41) is 20.6. The molecule has 1 rings (SSSR count). The van der Waals surface area contributed by atoms with E-state index in [1.807, 2.05) is 18.2 Å². The van der Waals surface area contributed by atoms with Crippen molar-refractivity contribution in [3.63, 3.8) is 0 Å². The Morgan fingerprint density at radius 2 is 1.33 bits per heavy atom. The third kappa shape index (κ3) is 8.95. The van der Waals surface area contributed by atoms with Crippen LogP contribution in [0, 0.1) is 5.92 Å². The highest BCUT2D eigenvalue weighted by molar-refractivity contribution is 6.25. The van der Waals surface area contributed by atoms with Crippen LogP contribution in [0.4, 0.5) is 0 Å². The minimum absolute atomic E-state index is 0. The summed E-state index contributed by atoms with van der Waals surface area (Å²) >= 11 is 6.82. The summed E-state index contributed by atoms with van der Waals surface area (Å²) in [6, 6.07) is 10.3. The molecule has 0 aromatic heterocycles. The van der Waals surface area contributed by atoms with E-state index in [2.05, 4.69) is 19.1 Å². The van der Waals surface area contributed by atoms with Crippen molar-refractivity contribution < 1.29 is 10.2 Å². The third-order valence-corrected chi connectivity index (χ3v) is 6.58. The first-order valence-corrected chi connectivity index (χ1v) is 10.9. The molecule has 3 nitrogen and oxygen atoms in total. The SMILES string of the molecule is CCCCCCCCCCC(Cc1ccccc1)C(Cl)(C(C)O)C(C)O.N. The van der Waals surface area contributed by atoms with Crippen LogP contribution in [0.1, 0.15) is 84.1 Å². The summed E-state index contributed by atoms with van der Waals surface area (Å²) in [5.74, 6) is 0.0478. The van der Waals surface area contributed by atoms with Crippen molar-refractivity contribution in [3.8, 4) is 0 Å². The van der Waals surface area contributed by atoms with Gasteiger partial charge in [0.1, 0.15) is 0 Å². The third-order valence-electron chi connectivity index (χ3n) is 5.64. The second-order valence-electron chi connectivity index (χ2n) is 7.83. The molecular weight excluding hydrogens is 358 g/mol. The molecule has 0 bridgehead atoms. The monoisotopic (exact) mass is 399 g/mol. The molecule has 0 spiro atoms. The molecule has 0 saturated carbocycles. The van der Waals surface area contributed by atoms with Crippen LogP contribution in [0.5, 0.6) is 0 Å². The number of unbranched alkanes of at least 4 members (excludes halogenated alkanes) is 7. The minimum atomic E-state index is -1.00. The first-order chi connectivity index (χ1) is 12.4. The number of halogens is 1. The molecule has 3 atom stereocenters. The maximum absolute atomic E-state index is 10.3. The number of benzene rings is 1. The fourth-order valence-electron chi connectivity index (χ4n) is 3.93. The van der Waals surface area contributed by atoms with E-state index in [1.54, 1.807) is 13.8 Å². The number of hydrogen-bond acceptors (Lipinski definition) is 3. The van der Waals surface area contributed by atoms with Gasteiger partial charge >= 0.3 is 0 Å². The Morgan fingerprint density at radius 3 is 1.81 bits per heavy atom. The number of alkyl halides is 1. The summed E-state index contributed by atoms with van der Waals surface area (Å²) < 4.78 is 0. The van der Waals surface area contributed by atoms with Crippen LogP contribution in [-0.4, -0.2) is 27.3 Å². The highest BCUT2D eigenvalue weighted by Gasteiger charge is 2.45. The van der Waals surface area contributed by atoms with Crippen LogP contribution in [0.2, 0.25) is 0 Å². The summed E-state index contributed by atoms with van der Waals surface area (Å²) in [6.45, 7) is 5.65. The van der Waals surface area contributed by atoms with Crippen molar-refractivity contribution in [1.82, 2.24) is 6.15 Å². The Bertz CT molecular complexity index is 457. The smallest absolute Gasteiger partial charge is 0.0987 e. The number of aliphatic hydroxyl groups excluding tert-OH is 2. The van der Waals surface area contributed by atoms with Crippen LogP contribution in [0.15, 0.2) is 30.3 Å². The number of rotatable bonds is 14. The van der Waals surface area contributed by atoms with Crippen molar-refractivity contribution >= 4 is 11.6 Å².